The van der Waals surface area contributed by atoms with Crippen LogP contribution in [0.2, 0.25) is 0 Å². The van der Waals surface area contributed by atoms with Gasteiger partial charge in [-0.1, -0.05) is 0 Å². The third-order valence-electron chi connectivity index (χ3n) is 3.89. The zero-order valence-corrected chi connectivity index (χ0v) is 12.8. The Morgan fingerprint density at radius 2 is 2.13 bits per heavy atom. The van der Waals surface area contributed by atoms with E-state index in [1.807, 2.05) is 0 Å². The van der Waals surface area contributed by atoms with Gasteiger partial charge < -0.3 is 9.64 Å². The number of hydrogen-bond donors (Lipinski definition) is 0. The number of anilines is 1. The maximum Gasteiger partial charge on any atom is 0.357 e. The van der Waals surface area contributed by atoms with Crippen molar-refractivity contribution in [2.45, 2.75) is 25.7 Å². The lowest BCUT2D eigenvalue weighted by Crippen LogP contribution is -2.40. The van der Waals surface area contributed by atoms with Gasteiger partial charge in [-0.15, -0.1) is 0 Å². The molecule has 0 unspecified atom stereocenters. The van der Waals surface area contributed by atoms with Gasteiger partial charge >= 0.3 is 5.97 Å². The molecule has 0 bridgehead atoms. The second-order valence-electron chi connectivity index (χ2n) is 5.49. The molecule has 0 radical (unpaired) electrons. The van der Waals surface area contributed by atoms with Gasteiger partial charge in [-0.3, -0.25) is 4.98 Å². The van der Waals surface area contributed by atoms with Crippen molar-refractivity contribution in [1.29, 1.82) is 0 Å². The summed E-state index contributed by atoms with van der Waals surface area (Å²) in [7, 11) is 0. The van der Waals surface area contributed by atoms with Gasteiger partial charge in [0.15, 0.2) is 5.69 Å². The summed E-state index contributed by atoms with van der Waals surface area (Å²) in [5.74, 6) is -2.65. The number of fused-ring (bicyclic) bond motifs is 1. The number of aromatic nitrogens is 2. The number of piperidine rings is 1. The van der Waals surface area contributed by atoms with Crippen LogP contribution in [0.1, 0.15) is 30.3 Å². The molecule has 1 aliphatic rings. The van der Waals surface area contributed by atoms with E-state index in [2.05, 4.69) is 9.97 Å². The first kappa shape index (κ1) is 15.6. The molecule has 0 amide bonds. The van der Waals surface area contributed by atoms with Crippen molar-refractivity contribution in [3.8, 4) is 0 Å². The Balaban J connectivity index is 2.02. The maximum atomic E-state index is 13.4. The number of pyridine rings is 2. The molecule has 122 valence electrons. The molecular formula is C16H17F2N3O2. The smallest absolute Gasteiger partial charge is 0.357 e. The van der Waals surface area contributed by atoms with Crippen LogP contribution in [0.5, 0.6) is 0 Å². The molecular weight excluding hydrogens is 304 g/mol. The van der Waals surface area contributed by atoms with Crippen molar-refractivity contribution in [2.24, 2.45) is 0 Å². The summed E-state index contributed by atoms with van der Waals surface area (Å²) >= 11 is 0. The fourth-order valence-electron chi connectivity index (χ4n) is 2.67. The van der Waals surface area contributed by atoms with Gasteiger partial charge in [-0.2, -0.15) is 0 Å². The molecule has 0 aliphatic carbocycles. The average Bonchev–Trinajstić information content (AvgIpc) is 2.54. The van der Waals surface area contributed by atoms with Crippen LogP contribution in [0, 0.1) is 0 Å². The van der Waals surface area contributed by atoms with Crippen LogP contribution in [0.15, 0.2) is 24.5 Å². The highest BCUT2D eigenvalue weighted by atomic mass is 19.3. The third-order valence-corrected chi connectivity index (χ3v) is 3.89. The Morgan fingerprint density at radius 1 is 1.39 bits per heavy atom. The quantitative estimate of drug-likeness (QED) is 0.813. The van der Waals surface area contributed by atoms with Crippen molar-refractivity contribution in [3.05, 3.63) is 30.2 Å². The summed E-state index contributed by atoms with van der Waals surface area (Å²) in [6.07, 6.45) is 2.81. The van der Waals surface area contributed by atoms with Crippen LogP contribution in [-0.2, 0) is 4.74 Å². The molecule has 0 aromatic carbocycles. The molecule has 7 heteroatoms. The Bertz CT molecular complexity index is 726. The van der Waals surface area contributed by atoms with Gasteiger partial charge in [0.2, 0.25) is 0 Å². The topological polar surface area (TPSA) is 55.3 Å². The summed E-state index contributed by atoms with van der Waals surface area (Å²) in [6, 6.07) is 3.40. The zero-order chi connectivity index (χ0) is 16.4. The van der Waals surface area contributed by atoms with Crippen molar-refractivity contribution in [1.82, 2.24) is 9.97 Å². The van der Waals surface area contributed by atoms with E-state index in [4.69, 9.17) is 4.74 Å². The number of ether oxygens (including phenoxy) is 1. The van der Waals surface area contributed by atoms with Crippen molar-refractivity contribution in [2.75, 3.05) is 24.6 Å². The molecule has 5 nitrogen and oxygen atoms in total. The second kappa shape index (κ2) is 6.06. The highest BCUT2D eigenvalue weighted by molar-refractivity contribution is 5.98. The number of alkyl halides is 2. The number of hydrogen-bond acceptors (Lipinski definition) is 5. The lowest BCUT2D eigenvalue weighted by atomic mass is 10.1. The van der Waals surface area contributed by atoms with Crippen LogP contribution in [0.3, 0.4) is 0 Å². The first-order valence-corrected chi connectivity index (χ1v) is 7.55. The fourth-order valence-corrected chi connectivity index (χ4v) is 2.67. The maximum absolute atomic E-state index is 13.4. The van der Waals surface area contributed by atoms with E-state index < -0.39 is 11.9 Å². The zero-order valence-electron chi connectivity index (χ0n) is 12.8. The molecule has 3 heterocycles. The molecule has 23 heavy (non-hydrogen) atoms. The predicted octanol–water partition coefficient (Wildman–Crippen LogP) is 3.04. The SMILES string of the molecule is CCOC(=O)c1cc2ccncc2c(N2CCC(F)(F)CC2)n1. The van der Waals surface area contributed by atoms with Gasteiger partial charge in [-0.05, 0) is 24.4 Å². The van der Waals surface area contributed by atoms with E-state index in [0.29, 0.717) is 5.82 Å². The predicted molar refractivity (Wildman–Crippen MR) is 81.9 cm³/mol. The number of rotatable bonds is 3. The minimum atomic E-state index is -2.64. The first-order valence-electron chi connectivity index (χ1n) is 7.55. The van der Waals surface area contributed by atoms with Crippen molar-refractivity contribution >= 4 is 22.6 Å². The van der Waals surface area contributed by atoms with Gasteiger partial charge in [0, 0.05) is 43.7 Å². The summed E-state index contributed by atoms with van der Waals surface area (Å²) in [6.45, 7) is 2.35. The molecule has 1 fully saturated rings. The Morgan fingerprint density at radius 3 is 2.83 bits per heavy atom. The highest BCUT2D eigenvalue weighted by Crippen LogP contribution is 2.33. The minimum absolute atomic E-state index is 0.179. The van der Waals surface area contributed by atoms with Gasteiger partial charge in [0.25, 0.3) is 5.92 Å². The van der Waals surface area contributed by atoms with Crippen LogP contribution in [0.4, 0.5) is 14.6 Å². The Kier molecular flexibility index (Phi) is 4.11. The molecule has 0 saturated carbocycles. The molecule has 0 atom stereocenters. The Labute approximate surface area is 132 Å². The van der Waals surface area contributed by atoms with E-state index in [0.717, 1.165) is 10.8 Å². The third kappa shape index (κ3) is 3.23. The summed E-state index contributed by atoms with van der Waals surface area (Å²) in [4.78, 5) is 22.2. The molecule has 0 N–H and O–H groups in total. The summed E-state index contributed by atoms with van der Waals surface area (Å²) in [5, 5.41) is 1.52. The highest BCUT2D eigenvalue weighted by Gasteiger charge is 2.35. The van der Waals surface area contributed by atoms with Gasteiger partial charge in [0.05, 0.1) is 6.61 Å². The van der Waals surface area contributed by atoms with Crippen molar-refractivity contribution in [3.63, 3.8) is 0 Å². The Hall–Kier alpha value is -2.31. The van der Waals surface area contributed by atoms with Crippen LogP contribution >= 0.6 is 0 Å². The van der Waals surface area contributed by atoms with E-state index in [1.54, 1.807) is 36.4 Å². The minimum Gasteiger partial charge on any atom is -0.461 e. The number of carbonyl (C=O) groups is 1. The first-order chi connectivity index (χ1) is 11.0. The lowest BCUT2D eigenvalue weighted by Gasteiger charge is -2.33. The monoisotopic (exact) mass is 321 g/mol. The largest absolute Gasteiger partial charge is 0.461 e. The molecule has 1 saturated heterocycles. The second-order valence-corrected chi connectivity index (χ2v) is 5.49. The standard InChI is InChI=1S/C16H17F2N3O2/c1-2-23-15(22)13-9-11-3-6-19-10-12(11)14(20-13)21-7-4-16(17,18)5-8-21/h3,6,9-10H,2,4-5,7-8H2,1H3. The van der Waals surface area contributed by atoms with E-state index >= 15 is 0 Å². The average molecular weight is 321 g/mol. The molecule has 0 spiro atoms. The summed E-state index contributed by atoms with van der Waals surface area (Å²) < 4.78 is 31.8. The summed E-state index contributed by atoms with van der Waals surface area (Å²) in [5.41, 5.74) is 0.179. The number of nitrogens with zero attached hydrogens (tertiary/aromatic N) is 3. The molecule has 2 aromatic rings. The van der Waals surface area contributed by atoms with Crippen LogP contribution < -0.4 is 4.90 Å². The normalized spacial score (nSPS) is 17.3. The number of halogens is 2. The molecule has 2 aromatic heterocycles. The van der Waals surface area contributed by atoms with Gasteiger partial charge in [-0.25, -0.2) is 18.6 Å². The number of esters is 1. The number of carbonyl (C=O) groups excluding carboxylic acids is 1. The van der Waals surface area contributed by atoms with E-state index in [-0.39, 0.29) is 38.2 Å². The molecule has 1 aliphatic heterocycles. The van der Waals surface area contributed by atoms with Crippen LogP contribution in [0.25, 0.3) is 10.8 Å². The van der Waals surface area contributed by atoms with Crippen molar-refractivity contribution < 1.29 is 18.3 Å². The van der Waals surface area contributed by atoms with Gasteiger partial charge in [0.1, 0.15) is 5.82 Å². The van der Waals surface area contributed by atoms with Crippen LogP contribution in [-0.4, -0.2) is 41.6 Å². The lowest BCUT2D eigenvalue weighted by molar-refractivity contribution is -0.0221. The molecule has 3 rings (SSSR count). The fraction of sp³-hybridized carbons (Fsp3) is 0.438. The van der Waals surface area contributed by atoms with E-state index in [1.165, 1.54) is 0 Å². The van der Waals surface area contributed by atoms with E-state index in [9.17, 15) is 13.6 Å².